The fourth-order valence-corrected chi connectivity index (χ4v) is 1.81. The van der Waals surface area contributed by atoms with Gasteiger partial charge in [0, 0.05) is 13.7 Å². The van der Waals surface area contributed by atoms with Gasteiger partial charge in [-0.05, 0) is 25.5 Å². The Hall–Kier alpha value is -2.02. The van der Waals surface area contributed by atoms with E-state index in [1.807, 2.05) is 0 Å². The van der Waals surface area contributed by atoms with Crippen LogP contribution in [0, 0.1) is 18.6 Å². The minimum atomic E-state index is -1.01. The van der Waals surface area contributed by atoms with E-state index in [-0.39, 0.29) is 18.7 Å². The van der Waals surface area contributed by atoms with Gasteiger partial charge in [0.05, 0.1) is 6.61 Å². The first-order valence-electron chi connectivity index (χ1n) is 6.35. The van der Waals surface area contributed by atoms with Gasteiger partial charge in [0.25, 0.3) is 5.91 Å². The standard InChI is InChI=1S/C14H18F2N2O3/c1-8-4-5-10(15)11(12(8)16)14(20)18(6-7-21-3)9(2)13(17)19/h4-5,9H,6-7H2,1-3H3,(H2,17,19). The Morgan fingerprint density at radius 3 is 2.52 bits per heavy atom. The highest BCUT2D eigenvalue weighted by Gasteiger charge is 2.29. The number of aryl methyl sites for hydroxylation is 1. The molecule has 0 saturated carbocycles. The van der Waals surface area contributed by atoms with Crippen LogP contribution < -0.4 is 5.73 Å². The molecule has 0 fully saturated rings. The third-order valence-electron chi connectivity index (χ3n) is 3.17. The second kappa shape index (κ2) is 7.12. The van der Waals surface area contributed by atoms with Crippen molar-refractivity contribution in [1.29, 1.82) is 0 Å². The summed E-state index contributed by atoms with van der Waals surface area (Å²) >= 11 is 0. The summed E-state index contributed by atoms with van der Waals surface area (Å²) in [5, 5.41) is 0. The Kier molecular flexibility index (Phi) is 5.78. The van der Waals surface area contributed by atoms with Gasteiger partial charge in [-0.25, -0.2) is 8.78 Å². The number of nitrogens with zero attached hydrogens (tertiary/aromatic N) is 1. The molecule has 0 aliphatic rings. The first-order chi connectivity index (χ1) is 9.81. The molecule has 116 valence electrons. The van der Waals surface area contributed by atoms with Crippen LogP contribution in [0.3, 0.4) is 0 Å². The Morgan fingerprint density at radius 1 is 1.38 bits per heavy atom. The normalized spacial score (nSPS) is 12.0. The number of benzene rings is 1. The van der Waals surface area contributed by atoms with Crippen LogP contribution in [0.2, 0.25) is 0 Å². The summed E-state index contributed by atoms with van der Waals surface area (Å²) < 4.78 is 32.7. The lowest BCUT2D eigenvalue weighted by atomic mass is 10.1. The largest absolute Gasteiger partial charge is 0.383 e. The number of nitrogens with two attached hydrogens (primary N) is 1. The minimum absolute atomic E-state index is 0.00768. The van der Waals surface area contributed by atoms with Gasteiger partial charge in [-0.3, -0.25) is 9.59 Å². The molecule has 0 heterocycles. The number of methoxy groups -OCH3 is 1. The Bertz CT molecular complexity index is 549. The lowest BCUT2D eigenvalue weighted by molar-refractivity contribution is -0.122. The second-order valence-corrected chi connectivity index (χ2v) is 4.62. The number of halogens is 2. The maximum atomic E-state index is 14.0. The molecule has 1 rings (SSSR count). The number of primary amides is 1. The number of hydrogen-bond donors (Lipinski definition) is 1. The third-order valence-corrected chi connectivity index (χ3v) is 3.17. The summed E-state index contributed by atoms with van der Waals surface area (Å²) in [7, 11) is 1.41. The fourth-order valence-electron chi connectivity index (χ4n) is 1.81. The first-order valence-corrected chi connectivity index (χ1v) is 6.35. The van der Waals surface area contributed by atoms with E-state index in [2.05, 4.69) is 0 Å². The van der Waals surface area contributed by atoms with Crippen LogP contribution in [-0.4, -0.2) is 43.0 Å². The lowest BCUT2D eigenvalue weighted by Gasteiger charge is -2.27. The maximum Gasteiger partial charge on any atom is 0.260 e. The zero-order valence-corrected chi connectivity index (χ0v) is 12.2. The van der Waals surface area contributed by atoms with E-state index in [9.17, 15) is 18.4 Å². The van der Waals surface area contributed by atoms with E-state index >= 15 is 0 Å². The van der Waals surface area contributed by atoms with Crippen LogP contribution >= 0.6 is 0 Å². The van der Waals surface area contributed by atoms with Crippen molar-refractivity contribution >= 4 is 11.8 Å². The van der Waals surface area contributed by atoms with E-state index in [1.165, 1.54) is 27.0 Å². The van der Waals surface area contributed by atoms with Gasteiger partial charge < -0.3 is 15.4 Å². The van der Waals surface area contributed by atoms with E-state index in [1.54, 1.807) is 0 Å². The van der Waals surface area contributed by atoms with Crippen LogP contribution in [-0.2, 0) is 9.53 Å². The van der Waals surface area contributed by atoms with Crippen molar-refractivity contribution in [2.75, 3.05) is 20.3 Å². The van der Waals surface area contributed by atoms with Crippen molar-refractivity contribution in [3.05, 3.63) is 34.9 Å². The highest BCUT2D eigenvalue weighted by Crippen LogP contribution is 2.19. The molecule has 5 nitrogen and oxygen atoms in total. The predicted molar refractivity (Wildman–Crippen MR) is 72.7 cm³/mol. The van der Waals surface area contributed by atoms with Crippen LogP contribution in [0.15, 0.2) is 12.1 Å². The molecular formula is C14H18F2N2O3. The SMILES string of the molecule is COCCN(C(=O)c1c(F)ccc(C)c1F)C(C)C(N)=O. The molecule has 0 aromatic heterocycles. The summed E-state index contributed by atoms with van der Waals surface area (Å²) in [5.74, 6) is -3.63. The van der Waals surface area contributed by atoms with Gasteiger partial charge in [0.2, 0.25) is 5.91 Å². The predicted octanol–water partition coefficient (Wildman–Crippen LogP) is 1.24. The molecule has 0 radical (unpaired) electrons. The van der Waals surface area contributed by atoms with Crippen molar-refractivity contribution in [1.82, 2.24) is 4.90 Å². The minimum Gasteiger partial charge on any atom is -0.383 e. The van der Waals surface area contributed by atoms with Gasteiger partial charge in [-0.2, -0.15) is 0 Å². The molecule has 0 aliphatic carbocycles. The number of carbonyl (C=O) groups is 2. The van der Waals surface area contributed by atoms with Gasteiger partial charge in [-0.15, -0.1) is 0 Å². The van der Waals surface area contributed by atoms with Gasteiger partial charge >= 0.3 is 0 Å². The fraction of sp³-hybridized carbons (Fsp3) is 0.429. The van der Waals surface area contributed by atoms with Crippen molar-refractivity contribution in [2.24, 2.45) is 5.73 Å². The average Bonchev–Trinajstić information content (AvgIpc) is 2.43. The second-order valence-electron chi connectivity index (χ2n) is 4.62. The zero-order valence-electron chi connectivity index (χ0n) is 12.2. The van der Waals surface area contributed by atoms with E-state index in [4.69, 9.17) is 10.5 Å². The molecule has 1 aromatic carbocycles. The molecule has 2 N–H and O–H groups in total. The van der Waals surface area contributed by atoms with E-state index < -0.39 is 35.1 Å². The van der Waals surface area contributed by atoms with Gasteiger partial charge in [0.15, 0.2) is 0 Å². The molecule has 0 bridgehead atoms. The van der Waals surface area contributed by atoms with Crippen LogP contribution in [0.5, 0.6) is 0 Å². The summed E-state index contributed by atoms with van der Waals surface area (Å²) in [4.78, 5) is 24.6. The number of carbonyl (C=O) groups excluding carboxylic acids is 2. The molecule has 0 aliphatic heterocycles. The number of amides is 2. The number of rotatable bonds is 6. The quantitative estimate of drug-likeness (QED) is 0.859. The molecule has 1 atom stereocenters. The Morgan fingerprint density at radius 2 is 2.00 bits per heavy atom. The molecule has 0 saturated heterocycles. The summed E-state index contributed by atoms with van der Waals surface area (Å²) in [6, 6.07) is 1.24. The topological polar surface area (TPSA) is 72.6 Å². The van der Waals surface area contributed by atoms with Gasteiger partial charge in [-0.1, -0.05) is 6.07 Å². The smallest absolute Gasteiger partial charge is 0.260 e. The van der Waals surface area contributed by atoms with Crippen LogP contribution in [0.4, 0.5) is 8.78 Å². The van der Waals surface area contributed by atoms with Crippen molar-refractivity contribution in [2.45, 2.75) is 19.9 Å². The zero-order chi connectivity index (χ0) is 16.2. The van der Waals surface area contributed by atoms with Gasteiger partial charge in [0.1, 0.15) is 23.2 Å². The molecule has 1 aromatic rings. The highest BCUT2D eigenvalue weighted by atomic mass is 19.1. The van der Waals surface area contributed by atoms with E-state index in [0.29, 0.717) is 0 Å². The maximum absolute atomic E-state index is 14.0. The first kappa shape index (κ1) is 17.0. The van der Waals surface area contributed by atoms with Crippen LogP contribution in [0.1, 0.15) is 22.8 Å². The van der Waals surface area contributed by atoms with Crippen molar-refractivity contribution < 1.29 is 23.1 Å². The summed E-state index contributed by atoms with van der Waals surface area (Å²) in [6.45, 7) is 2.91. The molecule has 1 unspecified atom stereocenters. The molecule has 2 amide bonds. The monoisotopic (exact) mass is 300 g/mol. The number of hydrogen-bond acceptors (Lipinski definition) is 3. The summed E-state index contributed by atoms with van der Waals surface area (Å²) in [6.07, 6.45) is 0. The van der Waals surface area contributed by atoms with Crippen molar-refractivity contribution in [3.63, 3.8) is 0 Å². The molecule has 0 spiro atoms. The lowest BCUT2D eigenvalue weighted by Crippen LogP contribution is -2.48. The van der Waals surface area contributed by atoms with E-state index in [0.717, 1.165) is 11.0 Å². The molecular weight excluding hydrogens is 282 g/mol. The van der Waals surface area contributed by atoms with Crippen LogP contribution in [0.25, 0.3) is 0 Å². The Balaban J connectivity index is 3.22. The average molecular weight is 300 g/mol. The summed E-state index contributed by atoms with van der Waals surface area (Å²) in [5.41, 5.74) is 4.61. The third kappa shape index (κ3) is 3.75. The number of ether oxygens (including phenoxy) is 1. The molecule has 21 heavy (non-hydrogen) atoms. The van der Waals surface area contributed by atoms with Crippen molar-refractivity contribution in [3.8, 4) is 0 Å². The highest BCUT2D eigenvalue weighted by molar-refractivity contribution is 5.97. The Labute approximate surface area is 121 Å². The molecule has 7 heteroatoms.